The molecule has 0 spiro atoms. The van der Waals surface area contributed by atoms with Gasteiger partial charge in [-0.05, 0) is 48.3 Å². The fraction of sp³-hybridized carbons (Fsp3) is 0.429. The minimum atomic E-state index is -0.312. The summed E-state index contributed by atoms with van der Waals surface area (Å²) >= 11 is 3.53. The third-order valence-electron chi connectivity index (χ3n) is 2.94. The van der Waals surface area contributed by atoms with Gasteiger partial charge in [0.2, 0.25) is 0 Å². The van der Waals surface area contributed by atoms with E-state index in [0.29, 0.717) is 12.2 Å². The van der Waals surface area contributed by atoms with Crippen molar-refractivity contribution in [3.63, 3.8) is 0 Å². The summed E-state index contributed by atoms with van der Waals surface area (Å²) in [5.74, 6) is 0.645. The molecule has 4 nitrogen and oxygen atoms in total. The Kier molecular flexibility index (Phi) is 4.24. The fourth-order valence-corrected chi connectivity index (χ4v) is 2.83. The maximum atomic E-state index is 11.8. The van der Waals surface area contributed by atoms with Gasteiger partial charge in [-0.25, -0.2) is 9.78 Å². The molecule has 19 heavy (non-hydrogen) atoms. The summed E-state index contributed by atoms with van der Waals surface area (Å²) in [6.45, 7) is 7.20. The lowest BCUT2D eigenvalue weighted by atomic mass is 10.2. The Bertz CT molecular complexity index is 619. The van der Waals surface area contributed by atoms with Crippen molar-refractivity contribution in [2.75, 3.05) is 6.61 Å². The van der Waals surface area contributed by atoms with Crippen molar-refractivity contribution in [3.05, 3.63) is 28.0 Å². The molecule has 0 atom stereocenters. The highest BCUT2D eigenvalue weighted by Gasteiger charge is 2.15. The van der Waals surface area contributed by atoms with E-state index in [-0.39, 0.29) is 5.97 Å². The lowest BCUT2D eigenvalue weighted by Gasteiger charge is -2.07. The Morgan fingerprint density at radius 1 is 1.42 bits per heavy atom. The molecule has 0 fully saturated rings. The number of halogens is 1. The van der Waals surface area contributed by atoms with Crippen molar-refractivity contribution in [3.8, 4) is 0 Å². The van der Waals surface area contributed by atoms with Crippen LogP contribution in [0.15, 0.2) is 16.6 Å². The molecule has 0 N–H and O–H groups in total. The number of fused-ring (bicyclic) bond motifs is 1. The molecule has 0 radical (unpaired) electrons. The van der Waals surface area contributed by atoms with Crippen LogP contribution in [0.1, 0.15) is 36.5 Å². The molecule has 5 heteroatoms. The van der Waals surface area contributed by atoms with Crippen LogP contribution in [-0.4, -0.2) is 22.1 Å². The van der Waals surface area contributed by atoms with E-state index in [0.717, 1.165) is 34.3 Å². The first kappa shape index (κ1) is 14.1. The number of carbonyl (C=O) groups is 1. The smallest absolute Gasteiger partial charge is 0.338 e. The number of hydrogen-bond acceptors (Lipinski definition) is 3. The van der Waals surface area contributed by atoms with Crippen molar-refractivity contribution >= 4 is 32.9 Å². The third kappa shape index (κ3) is 2.66. The number of esters is 1. The van der Waals surface area contributed by atoms with Crippen molar-refractivity contribution in [2.24, 2.45) is 0 Å². The van der Waals surface area contributed by atoms with Gasteiger partial charge in [0.05, 0.1) is 23.2 Å². The Morgan fingerprint density at radius 2 is 2.16 bits per heavy atom. The van der Waals surface area contributed by atoms with E-state index in [9.17, 15) is 4.79 Å². The molecule has 0 saturated carbocycles. The second-order valence-corrected chi connectivity index (χ2v) is 5.21. The number of hydrogen-bond donors (Lipinski definition) is 0. The van der Waals surface area contributed by atoms with Crippen LogP contribution in [0.2, 0.25) is 0 Å². The van der Waals surface area contributed by atoms with Crippen LogP contribution < -0.4 is 0 Å². The maximum Gasteiger partial charge on any atom is 0.338 e. The molecular formula is C14H17BrN2O2. The van der Waals surface area contributed by atoms with Crippen molar-refractivity contribution < 1.29 is 9.53 Å². The minimum Gasteiger partial charge on any atom is -0.462 e. The average Bonchev–Trinajstić information content (AvgIpc) is 2.67. The predicted molar refractivity (Wildman–Crippen MR) is 78.4 cm³/mol. The number of nitrogens with zero attached hydrogens (tertiary/aromatic N) is 2. The van der Waals surface area contributed by atoms with Crippen LogP contribution in [-0.2, 0) is 11.3 Å². The Morgan fingerprint density at radius 3 is 2.79 bits per heavy atom. The van der Waals surface area contributed by atoms with Crippen LogP contribution >= 0.6 is 15.9 Å². The normalized spacial score (nSPS) is 10.9. The zero-order valence-electron chi connectivity index (χ0n) is 11.4. The SMILES string of the molecule is CCCn1c(C)nc2cc(C(=O)OCC)cc(Br)c21. The second-order valence-electron chi connectivity index (χ2n) is 4.36. The van der Waals surface area contributed by atoms with Crippen molar-refractivity contribution in [2.45, 2.75) is 33.7 Å². The molecule has 0 aliphatic heterocycles. The number of rotatable bonds is 4. The number of benzene rings is 1. The van der Waals surface area contributed by atoms with Crippen LogP contribution in [0.5, 0.6) is 0 Å². The lowest BCUT2D eigenvalue weighted by molar-refractivity contribution is 0.0526. The summed E-state index contributed by atoms with van der Waals surface area (Å²) in [6.07, 6.45) is 1.04. The molecule has 0 aliphatic rings. The highest BCUT2D eigenvalue weighted by atomic mass is 79.9. The Balaban J connectivity index is 2.56. The molecule has 1 aromatic carbocycles. The van der Waals surface area contributed by atoms with E-state index in [4.69, 9.17) is 4.74 Å². The van der Waals surface area contributed by atoms with Gasteiger partial charge >= 0.3 is 5.97 Å². The van der Waals surface area contributed by atoms with E-state index in [1.807, 2.05) is 6.92 Å². The van der Waals surface area contributed by atoms with Gasteiger partial charge in [0, 0.05) is 11.0 Å². The number of imidazole rings is 1. The lowest BCUT2D eigenvalue weighted by Crippen LogP contribution is -2.05. The molecule has 1 heterocycles. The first-order valence-corrected chi connectivity index (χ1v) is 7.21. The van der Waals surface area contributed by atoms with Gasteiger partial charge in [0.25, 0.3) is 0 Å². The fourth-order valence-electron chi connectivity index (χ4n) is 2.16. The topological polar surface area (TPSA) is 44.1 Å². The third-order valence-corrected chi connectivity index (χ3v) is 3.55. The minimum absolute atomic E-state index is 0.312. The quantitative estimate of drug-likeness (QED) is 0.805. The van der Waals surface area contributed by atoms with E-state index in [2.05, 4.69) is 32.4 Å². The summed E-state index contributed by atoms with van der Waals surface area (Å²) in [5.41, 5.74) is 2.39. The average molecular weight is 325 g/mol. The first-order valence-electron chi connectivity index (χ1n) is 6.42. The van der Waals surface area contributed by atoms with Crippen molar-refractivity contribution in [1.82, 2.24) is 9.55 Å². The molecule has 2 rings (SSSR count). The van der Waals surface area contributed by atoms with Gasteiger partial charge in [-0.1, -0.05) is 6.92 Å². The van der Waals surface area contributed by atoms with Crippen LogP contribution in [0.25, 0.3) is 11.0 Å². The number of carbonyl (C=O) groups excluding carboxylic acids is 1. The molecule has 0 saturated heterocycles. The van der Waals surface area contributed by atoms with Gasteiger partial charge < -0.3 is 9.30 Å². The second kappa shape index (κ2) is 5.74. The molecule has 0 aliphatic carbocycles. The summed E-state index contributed by atoms with van der Waals surface area (Å²) in [7, 11) is 0. The van der Waals surface area contributed by atoms with Gasteiger partial charge in [0.15, 0.2) is 0 Å². The van der Waals surface area contributed by atoms with Gasteiger partial charge in [-0.2, -0.15) is 0 Å². The maximum absolute atomic E-state index is 11.8. The zero-order valence-corrected chi connectivity index (χ0v) is 13.0. The van der Waals surface area contributed by atoms with Crippen LogP contribution in [0, 0.1) is 6.92 Å². The summed E-state index contributed by atoms with van der Waals surface area (Å²) in [4.78, 5) is 16.3. The van der Waals surface area contributed by atoms with Crippen LogP contribution in [0.4, 0.5) is 0 Å². The van der Waals surface area contributed by atoms with Crippen LogP contribution in [0.3, 0.4) is 0 Å². The highest BCUT2D eigenvalue weighted by Crippen LogP contribution is 2.27. The monoisotopic (exact) mass is 324 g/mol. The molecular weight excluding hydrogens is 308 g/mol. The molecule has 0 amide bonds. The largest absolute Gasteiger partial charge is 0.462 e. The number of aryl methyl sites for hydroxylation is 2. The van der Waals surface area contributed by atoms with E-state index < -0.39 is 0 Å². The van der Waals surface area contributed by atoms with E-state index in [1.54, 1.807) is 19.1 Å². The summed E-state index contributed by atoms with van der Waals surface area (Å²) in [5, 5.41) is 0. The van der Waals surface area contributed by atoms with Crippen molar-refractivity contribution in [1.29, 1.82) is 0 Å². The molecule has 0 unspecified atom stereocenters. The Hall–Kier alpha value is -1.36. The van der Waals surface area contributed by atoms with Gasteiger partial charge in [0.1, 0.15) is 5.82 Å². The predicted octanol–water partition coefficient (Wildman–Crippen LogP) is 3.69. The molecule has 102 valence electrons. The van der Waals surface area contributed by atoms with E-state index >= 15 is 0 Å². The van der Waals surface area contributed by atoms with E-state index in [1.165, 1.54) is 0 Å². The molecule has 1 aromatic heterocycles. The summed E-state index contributed by atoms with van der Waals surface area (Å²) < 4.78 is 8.06. The van der Waals surface area contributed by atoms with Gasteiger partial charge in [-0.3, -0.25) is 0 Å². The first-order chi connectivity index (χ1) is 9.08. The summed E-state index contributed by atoms with van der Waals surface area (Å²) in [6, 6.07) is 3.59. The molecule has 0 bridgehead atoms. The highest BCUT2D eigenvalue weighted by molar-refractivity contribution is 9.10. The molecule has 2 aromatic rings. The zero-order chi connectivity index (χ0) is 14.0. The standard InChI is InChI=1S/C14H17BrN2O2/c1-4-6-17-9(3)16-12-8-10(14(18)19-5-2)7-11(15)13(12)17/h7-8H,4-6H2,1-3H3. The van der Waals surface area contributed by atoms with Gasteiger partial charge in [-0.15, -0.1) is 0 Å². The number of aromatic nitrogens is 2. The Labute approximate surface area is 120 Å². The number of ether oxygens (including phenoxy) is 1.